The number of carbonyl (C=O) groups excluding carboxylic acids is 1. The van der Waals surface area contributed by atoms with E-state index in [-0.39, 0.29) is 5.91 Å². The van der Waals surface area contributed by atoms with Crippen LogP contribution in [0, 0.1) is 5.92 Å². The lowest BCUT2D eigenvalue weighted by molar-refractivity contribution is 0.0217. The topological polar surface area (TPSA) is 32.3 Å². The van der Waals surface area contributed by atoms with E-state index in [4.69, 9.17) is 0 Å². The predicted molar refractivity (Wildman–Crippen MR) is 83.5 cm³/mol. The summed E-state index contributed by atoms with van der Waals surface area (Å²) in [5, 5.41) is 3.33. The standard InChI is InChI=1S/C18H24N2O/c1-12-17(14-7-9-20(12)10-8-14)19-18(21)16-6-5-13-3-2-4-15(13)11-16/h5-6,11-12,14,17H,2-4,7-10H2,1H3,(H,19,21). The molecule has 1 amide bonds. The van der Waals surface area contributed by atoms with Crippen molar-refractivity contribution in [2.45, 2.75) is 51.1 Å². The van der Waals surface area contributed by atoms with Gasteiger partial charge in [-0.2, -0.15) is 0 Å². The second kappa shape index (κ2) is 5.13. The first-order valence-electron chi connectivity index (χ1n) is 8.39. The third-order valence-electron chi connectivity index (χ3n) is 5.84. The Morgan fingerprint density at radius 2 is 1.95 bits per heavy atom. The zero-order chi connectivity index (χ0) is 14.4. The fourth-order valence-electron chi connectivity index (χ4n) is 4.49. The van der Waals surface area contributed by atoms with Crippen LogP contribution in [0.5, 0.6) is 0 Å². The molecule has 0 spiro atoms. The van der Waals surface area contributed by atoms with Crippen molar-refractivity contribution in [2.24, 2.45) is 5.92 Å². The summed E-state index contributed by atoms with van der Waals surface area (Å²) in [6.07, 6.45) is 6.01. The van der Waals surface area contributed by atoms with Crippen molar-refractivity contribution >= 4 is 5.91 Å². The molecule has 1 N–H and O–H groups in total. The van der Waals surface area contributed by atoms with Gasteiger partial charge in [0, 0.05) is 17.6 Å². The minimum Gasteiger partial charge on any atom is -0.347 e. The van der Waals surface area contributed by atoms with Gasteiger partial charge in [0.1, 0.15) is 0 Å². The zero-order valence-corrected chi connectivity index (χ0v) is 12.8. The molecule has 2 atom stereocenters. The van der Waals surface area contributed by atoms with E-state index in [9.17, 15) is 4.79 Å². The average Bonchev–Trinajstić information content (AvgIpc) is 2.98. The van der Waals surface area contributed by atoms with Crippen molar-refractivity contribution < 1.29 is 4.79 Å². The van der Waals surface area contributed by atoms with Gasteiger partial charge in [-0.25, -0.2) is 0 Å². The molecule has 5 rings (SSSR count). The smallest absolute Gasteiger partial charge is 0.251 e. The zero-order valence-electron chi connectivity index (χ0n) is 12.8. The summed E-state index contributed by atoms with van der Waals surface area (Å²) >= 11 is 0. The molecule has 3 saturated heterocycles. The number of piperidine rings is 3. The number of nitrogens with one attached hydrogen (secondary N) is 1. The van der Waals surface area contributed by atoms with Crippen LogP contribution in [-0.2, 0) is 12.8 Å². The normalized spacial score (nSPS) is 33.8. The first kappa shape index (κ1) is 13.3. The molecule has 21 heavy (non-hydrogen) atoms. The van der Waals surface area contributed by atoms with Crippen LogP contribution in [0.1, 0.15) is 47.7 Å². The van der Waals surface area contributed by atoms with Crippen molar-refractivity contribution in [3.05, 3.63) is 34.9 Å². The molecule has 3 aliphatic heterocycles. The third-order valence-corrected chi connectivity index (χ3v) is 5.84. The van der Waals surface area contributed by atoms with Gasteiger partial charge in [-0.3, -0.25) is 9.69 Å². The molecule has 3 heteroatoms. The summed E-state index contributed by atoms with van der Waals surface area (Å²) in [5.41, 5.74) is 3.66. The predicted octanol–water partition coefficient (Wildman–Crippen LogP) is 2.39. The second-order valence-electron chi connectivity index (χ2n) is 6.95. The Morgan fingerprint density at radius 3 is 2.71 bits per heavy atom. The van der Waals surface area contributed by atoms with E-state index in [1.165, 1.54) is 49.9 Å². The van der Waals surface area contributed by atoms with Gasteiger partial charge in [0.25, 0.3) is 5.91 Å². The van der Waals surface area contributed by atoms with Crippen LogP contribution in [0.2, 0.25) is 0 Å². The van der Waals surface area contributed by atoms with Crippen LogP contribution in [0.3, 0.4) is 0 Å². The first-order valence-corrected chi connectivity index (χ1v) is 8.39. The van der Waals surface area contributed by atoms with E-state index in [1.54, 1.807) is 0 Å². The maximum absolute atomic E-state index is 12.6. The summed E-state index contributed by atoms with van der Waals surface area (Å²) in [6.45, 7) is 4.67. The monoisotopic (exact) mass is 284 g/mol. The number of carbonyl (C=O) groups is 1. The van der Waals surface area contributed by atoms with Gasteiger partial charge in [0.2, 0.25) is 0 Å². The minimum atomic E-state index is 0.121. The molecule has 1 aromatic carbocycles. The molecule has 2 bridgehead atoms. The van der Waals surface area contributed by atoms with E-state index >= 15 is 0 Å². The Bertz CT molecular complexity index is 558. The third kappa shape index (κ3) is 2.28. The van der Waals surface area contributed by atoms with Gasteiger partial charge in [-0.15, -0.1) is 0 Å². The maximum Gasteiger partial charge on any atom is 0.251 e. The summed E-state index contributed by atoms with van der Waals surface area (Å²) in [6, 6.07) is 7.08. The Morgan fingerprint density at radius 1 is 1.19 bits per heavy atom. The molecule has 112 valence electrons. The molecule has 0 saturated carbocycles. The van der Waals surface area contributed by atoms with Crippen LogP contribution in [-0.4, -0.2) is 36.0 Å². The molecule has 3 heterocycles. The summed E-state index contributed by atoms with van der Waals surface area (Å²) in [4.78, 5) is 15.1. The number of hydrogen-bond donors (Lipinski definition) is 1. The van der Waals surface area contributed by atoms with Crippen LogP contribution >= 0.6 is 0 Å². The lowest BCUT2D eigenvalue weighted by Crippen LogP contribution is -2.62. The van der Waals surface area contributed by atoms with Crippen molar-refractivity contribution in [2.75, 3.05) is 13.1 Å². The highest BCUT2D eigenvalue weighted by Crippen LogP contribution is 2.32. The van der Waals surface area contributed by atoms with Crippen molar-refractivity contribution in [1.82, 2.24) is 10.2 Å². The van der Waals surface area contributed by atoms with Crippen LogP contribution < -0.4 is 5.32 Å². The highest BCUT2D eigenvalue weighted by atomic mass is 16.1. The van der Waals surface area contributed by atoms with E-state index in [0.717, 1.165) is 12.0 Å². The number of rotatable bonds is 2. The molecule has 1 aromatic rings. The number of hydrogen-bond acceptors (Lipinski definition) is 2. The van der Waals surface area contributed by atoms with E-state index in [0.29, 0.717) is 18.0 Å². The largest absolute Gasteiger partial charge is 0.347 e. The number of aryl methyl sites for hydroxylation is 2. The number of fused-ring (bicyclic) bond motifs is 4. The number of benzene rings is 1. The van der Waals surface area contributed by atoms with Crippen molar-refractivity contribution in [3.8, 4) is 0 Å². The molecular formula is C18H24N2O. The maximum atomic E-state index is 12.6. The van der Waals surface area contributed by atoms with Gasteiger partial charge in [0.05, 0.1) is 0 Å². The summed E-state index contributed by atoms with van der Waals surface area (Å²) in [7, 11) is 0. The molecule has 3 nitrogen and oxygen atoms in total. The van der Waals surface area contributed by atoms with Crippen LogP contribution in [0.15, 0.2) is 18.2 Å². The van der Waals surface area contributed by atoms with E-state index in [1.807, 2.05) is 6.07 Å². The highest BCUT2D eigenvalue weighted by molar-refractivity contribution is 5.94. The SMILES string of the molecule is CC1C(NC(=O)c2ccc3c(c2)CCC3)C2CCN1CC2. The van der Waals surface area contributed by atoms with Crippen LogP contribution in [0.4, 0.5) is 0 Å². The second-order valence-corrected chi connectivity index (χ2v) is 6.95. The fraction of sp³-hybridized carbons (Fsp3) is 0.611. The van der Waals surface area contributed by atoms with Gasteiger partial charge in [0.15, 0.2) is 0 Å². The van der Waals surface area contributed by atoms with Gasteiger partial charge in [-0.05, 0) is 81.3 Å². The molecular weight excluding hydrogens is 260 g/mol. The van der Waals surface area contributed by atoms with Gasteiger partial charge in [-0.1, -0.05) is 6.07 Å². The average molecular weight is 284 g/mol. The van der Waals surface area contributed by atoms with Crippen LogP contribution in [0.25, 0.3) is 0 Å². The van der Waals surface area contributed by atoms with Gasteiger partial charge >= 0.3 is 0 Å². The molecule has 2 unspecified atom stereocenters. The summed E-state index contributed by atoms with van der Waals surface area (Å²) < 4.78 is 0. The molecule has 3 fully saturated rings. The van der Waals surface area contributed by atoms with E-state index < -0.39 is 0 Å². The Labute approximate surface area is 126 Å². The highest BCUT2D eigenvalue weighted by Gasteiger charge is 2.40. The quantitative estimate of drug-likeness (QED) is 0.904. The number of amides is 1. The van der Waals surface area contributed by atoms with Crippen molar-refractivity contribution in [3.63, 3.8) is 0 Å². The lowest BCUT2D eigenvalue weighted by atomic mass is 9.79. The van der Waals surface area contributed by atoms with Crippen molar-refractivity contribution in [1.29, 1.82) is 0 Å². The Hall–Kier alpha value is -1.35. The Balaban J connectivity index is 1.50. The fourth-order valence-corrected chi connectivity index (χ4v) is 4.49. The molecule has 0 radical (unpaired) electrons. The lowest BCUT2D eigenvalue weighted by Gasteiger charge is -2.49. The van der Waals surface area contributed by atoms with E-state index in [2.05, 4.69) is 29.3 Å². The summed E-state index contributed by atoms with van der Waals surface area (Å²) in [5.74, 6) is 0.790. The molecule has 1 aliphatic carbocycles. The number of nitrogens with zero attached hydrogens (tertiary/aromatic N) is 1. The molecule has 4 aliphatic rings. The Kier molecular flexibility index (Phi) is 3.26. The molecule has 0 aromatic heterocycles. The van der Waals surface area contributed by atoms with Gasteiger partial charge < -0.3 is 5.32 Å². The first-order chi connectivity index (χ1) is 10.2. The minimum absolute atomic E-state index is 0.121.